The molecule has 0 unspecified atom stereocenters. The number of nitrogens with zero attached hydrogens (tertiary/aromatic N) is 1. The van der Waals surface area contributed by atoms with Gasteiger partial charge in [-0.05, 0) is 42.0 Å². The van der Waals surface area contributed by atoms with Gasteiger partial charge in [0.05, 0.1) is 11.9 Å². The molecule has 0 atom stereocenters. The van der Waals surface area contributed by atoms with E-state index in [1.807, 2.05) is 0 Å². The van der Waals surface area contributed by atoms with Crippen molar-refractivity contribution in [3.05, 3.63) is 69.8 Å². The zero-order chi connectivity index (χ0) is 18.0. The lowest BCUT2D eigenvalue weighted by atomic mass is 10.1. The van der Waals surface area contributed by atoms with Crippen molar-refractivity contribution in [3.63, 3.8) is 0 Å². The van der Waals surface area contributed by atoms with E-state index in [-0.39, 0.29) is 11.3 Å². The molecule has 3 rings (SSSR count). The van der Waals surface area contributed by atoms with Gasteiger partial charge >= 0.3 is 0 Å². The van der Waals surface area contributed by atoms with E-state index in [1.54, 1.807) is 42.5 Å². The minimum atomic E-state index is -4.01. The van der Waals surface area contributed by atoms with Crippen LogP contribution in [0.25, 0.3) is 10.9 Å². The molecule has 1 aromatic heterocycles. The van der Waals surface area contributed by atoms with E-state index in [2.05, 4.69) is 25.6 Å². The maximum atomic E-state index is 12.4. The van der Waals surface area contributed by atoms with Gasteiger partial charge in [-0.1, -0.05) is 39.7 Å². The number of sulfonamides is 1. The minimum Gasteiger partial charge on any atom is -0.274 e. The van der Waals surface area contributed by atoms with E-state index < -0.39 is 15.9 Å². The molecule has 0 aliphatic heterocycles. The third-order valence-corrected chi connectivity index (χ3v) is 5.56. The van der Waals surface area contributed by atoms with Crippen molar-refractivity contribution < 1.29 is 13.2 Å². The second-order valence-electron chi connectivity index (χ2n) is 5.34. The standard InChI is InChI=1S/C17H12BrClN2O3S/c18-13-3-1-11(2-4-13)7-17(22)21-25(23,24)15-9-12-8-14(19)5-6-16(12)20-10-15/h1-6,8-10H,7H2,(H,21,22). The maximum absolute atomic E-state index is 12.4. The lowest BCUT2D eigenvalue weighted by Crippen LogP contribution is -2.31. The number of carbonyl (C=O) groups excluding carboxylic acids is 1. The summed E-state index contributed by atoms with van der Waals surface area (Å²) in [6.07, 6.45) is 1.17. The molecule has 128 valence electrons. The van der Waals surface area contributed by atoms with Crippen molar-refractivity contribution in [1.82, 2.24) is 9.71 Å². The molecule has 0 radical (unpaired) electrons. The molecule has 1 N–H and O–H groups in total. The van der Waals surface area contributed by atoms with E-state index in [0.29, 0.717) is 21.5 Å². The molecule has 0 bridgehead atoms. The number of benzene rings is 2. The van der Waals surface area contributed by atoms with Gasteiger partial charge in [0, 0.05) is 21.1 Å². The Labute approximate surface area is 158 Å². The molecule has 0 aliphatic carbocycles. The van der Waals surface area contributed by atoms with Crippen LogP contribution >= 0.6 is 27.5 Å². The molecule has 1 heterocycles. The molecule has 3 aromatic rings. The fraction of sp³-hybridized carbons (Fsp3) is 0.0588. The summed E-state index contributed by atoms with van der Waals surface area (Å²) in [5.74, 6) is -0.617. The van der Waals surface area contributed by atoms with Crippen molar-refractivity contribution in [2.24, 2.45) is 0 Å². The molecule has 25 heavy (non-hydrogen) atoms. The number of pyridine rings is 1. The van der Waals surface area contributed by atoms with E-state index >= 15 is 0 Å². The van der Waals surface area contributed by atoms with Crippen LogP contribution in [0.4, 0.5) is 0 Å². The van der Waals surface area contributed by atoms with Gasteiger partial charge in [-0.15, -0.1) is 0 Å². The highest BCUT2D eigenvalue weighted by atomic mass is 79.9. The Bertz CT molecular complexity index is 1050. The van der Waals surface area contributed by atoms with Crippen LogP contribution in [0.1, 0.15) is 5.56 Å². The fourth-order valence-corrected chi connectivity index (χ4v) is 3.67. The summed E-state index contributed by atoms with van der Waals surface area (Å²) < 4.78 is 27.7. The normalized spacial score (nSPS) is 11.4. The lowest BCUT2D eigenvalue weighted by Gasteiger charge is -2.08. The van der Waals surface area contributed by atoms with Gasteiger partial charge < -0.3 is 0 Å². The number of aromatic nitrogens is 1. The Morgan fingerprint density at radius 1 is 1.12 bits per heavy atom. The highest BCUT2D eigenvalue weighted by molar-refractivity contribution is 9.10. The van der Waals surface area contributed by atoms with Crippen LogP contribution in [0.5, 0.6) is 0 Å². The summed E-state index contributed by atoms with van der Waals surface area (Å²) >= 11 is 9.22. The molecule has 8 heteroatoms. The number of halogens is 2. The van der Waals surface area contributed by atoms with Crippen molar-refractivity contribution in [2.75, 3.05) is 0 Å². The minimum absolute atomic E-state index is 0.0423. The number of fused-ring (bicyclic) bond motifs is 1. The molecule has 5 nitrogen and oxygen atoms in total. The van der Waals surface area contributed by atoms with Crippen LogP contribution in [0.15, 0.2) is 64.1 Å². The zero-order valence-corrected chi connectivity index (χ0v) is 15.9. The van der Waals surface area contributed by atoms with Crippen LogP contribution in [0, 0.1) is 0 Å². The smallest absolute Gasteiger partial charge is 0.265 e. The highest BCUT2D eigenvalue weighted by Gasteiger charge is 2.19. The van der Waals surface area contributed by atoms with E-state index in [9.17, 15) is 13.2 Å². The molecule has 0 spiro atoms. The summed E-state index contributed by atoms with van der Waals surface area (Å²) in [4.78, 5) is 16.1. The quantitative estimate of drug-likeness (QED) is 0.672. The molecule has 0 aliphatic rings. The maximum Gasteiger partial charge on any atom is 0.265 e. The van der Waals surface area contributed by atoms with Crippen LogP contribution in [-0.2, 0) is 21.2 Å². The predicted molar refractivity (Wildman–Crippen MR) is 99.9 cm³/mol. The van der Waals surface area contributed by atoms with Crippen LogP contribution in [-0.4, -0.2) is 19.3 Å². The highest BCUT2D eigenvalue weighted by Crippen LogP contribution is 2.20. The summed E-state index contributed by atoms with van der Waals surface area (Å²) in [5.41, 5.74) is 1.32. The molecule has 2 aromatic carbocycles. The summed E-state index contributed by atoms with van der Waals surface area (Å²) in [7, 11) is -4.01. The number of carbonyl (C=O) groups is 1. The molecule has 0 fully saturated rings. The van der Waals surface area contributed by atoms with E-state index in [1.165, 1.54) is 12.3 Å². The third kappa shape index (κ3) is 4.36. The van der Waals surface area contributed by atoms with E-state index in [0.717, 1.165) is 4.47 Å². The molecule has 0 saturated carbocycles. The zero-order valence-electron chi connectivity index (χ0n) is 12.7. The first-order chi connectivity index (χ1) is 11.8. The number of amides is 1. The Morgan fingerprint density at radius 2 is 1.84 bits per heavy atom. The van der Waals surface area contributed by atoms with Gasteiger partial charge in [-0.25, -0.2) is 13.1 Å². The Kier molecular flexibility index (Phi) is 5.08. The second kappa shape index (κ2) is 7.11. The second-order valence-corrected chi connectivity index (χ2v) is 8.37. The molecular formula is C17H12BrClN2O3S. The predicted octanol–water partition coefficient (Wildman–Crippen LogP) is 3.70. The first-order valence-electron chi connectivity index (χ1n) is 7.19. The van der Waals surface area contributed by atoms with Gasteiger partial charge in [0.2, 0.25) is 5.91 Å². The number of nitrogens with one attached hydrogen (secondary N) is 1. The van der Waals surface area contributed by atoms with Gasteiger partial charge in [0.15, 0.2) is 0 Å². The average molecular weight is 440 g/mol. The van der Waals surface area contributed by atoms with Crippen LogP contribution in [0.3, 0.4) is 0 Å². The largest absolute Gasteiger partial charge is 0.274 e. The van der Waals surface area contributed by atoms with Crippen LogP contribution in [0.2, 0.25) is 5.02 Å². The lowest BCUT2D eigenvalue weighted by molar-refractivity contribution is -0.118. The summed E-state index contributed by atoms with van der Waals surface area (Å²) in [6.45, 7) is 0. The van der Waals surface area contributed by atoms with Gasteiger partial charge in [-0.3, -0.25) is 9.78 Å². The molecular weight excluding hydrogens is 428 g/mol. The Balaban J connectivity index is 1.81. The Hall–Kier alpha value is -1.96. The number of hydrogen-bond donors (Lipinski definition) is 1. The van der Waals surface area contributed by atoms with Crippen molar-refractivity contribution in [3.8, 4) is 0 Å². The van der Waals surface area contributed by atoms with Gasteiger partial charge in [0.25, 0.3) is 10.0 Å². The third-order valence-electron chi connectivity index (χ3n) is 3.45. The van der Waals surface area contributed by atoms with Crippen molar-refractivity contribution >= 4 is 54.4 Å². The van der Waals surface area contributed by atoms with Gasteiger partial charge in [0.1, 0.15) is 4.90 Å². The topological polar surface area (TPSA) is 76.1 Å². The fourth-order valence-electron chi connectivity index (χ4n) is 2.26. The summed E-state index contributed by atoms with van der Waals surface area (Å²) in [6, 6.07) is 13.5. The summed E-state index contributed by atoms with van der Waals surface area (Å²) in [5, 5.41) is 1.05. The molecule has 0 saturated heterocycles. The number of hydrogen-bond acceptors (Lipinski definition) is 4. The van der Waals surface area contributed by atoms with Crippen molar-refractivity contribution in [1.29, 1.82) is 0 Å². The van der Waals surface area contributed by atoms with Gasteiger partial charge in [-0.2, -0.15) is 0 Å². The SMILES string of the molecule is O=C(Cc1ccc(Br)cc1)NS(=O)(=O)c1cnc2ccc(Cl)cc2c1. The first kappa shape index (κ1) is 17.8. The molecule has 1 amide bonds. The van der Waals surface area contributed by atoms with Crippen molar-refractivity contribution in [2.45, 2.75) is 11.3 Å². The first-order valence-corrected chi connectivity index (χ1v) is 9.84. The monoisotopic (exact) mass is 438 g/mol. The van der Waals surface area contributed by atoms with Crippen LogP contribution < -0.4 is 4.72 Å². The Morgan fingerprint density at radius 3 is 2.56 bits per heavy atom. The van der Waals surface area contributed by atoms with E-state index in [4.69, 9.17) is 11.6 Å². The average Bonchev–Trinajstić information content (AvgIpc) is 2.55. The number of rotatable bonds is 4.